The van der Waals surface area contributed by atoms with Gasteiger partial charge in [-0.25, -0.2) is 0 Å². The smallest absolute Gasteiger partial charge is 0.118 e. The summed E-state index contributed by atoms with van der Waals surface area (Å²) in [6.45, 7) is 10.5. The Balaban J connectivity index is 2.58. The number of hydrogen-bond donors (Lipinski definition) is 1. The van der Waals surface area contributed by atoms with Gasteiger partial charge in [0.25, 0.3) is 0 Å². The molecule has 1 aromatic rings. The zero-order chi connectivity index (χ0) is 15.2. The summed E-state index contributed by atoms with van der Waals surface area (Å²) in [5.41, 5.74) is 1.05. The van der Waals surface area contributed by atoms with Gasteiger partial charge in [-0.05, 0) is 57.5 Å². The molecule has 0 radical (unpaired) electrons. The van der Waals surface area contributed by atoms with Crippen LogP contribution in [0.5, 0.6) is 5.75 Å². The lowest BCUT2D eigenvalue weighted by Gasteiger charge is -2.41. The predicted octanol–water partition coefficient (Wildman–Crippen LogP) is 3.11. The monoisotopic (exact) mass is 279 g/mol. The number of benzene rings is 1. The highest BCUT2D eigenvalue weighted by Gasteiger charge is 2.32. The maximum absolute atomic E-state index is 10.5. The van der Waals surface area contributed by atoms with Gasteiger partial charge in [0.05, 0.1) is 13.2 Å². The first-order valence-electron chi connectivity index (χ1n) is 7.51. The third-order valence-electron chi connectivity index (χ3n) is 4.26. The van der Waals surface area contributed by atoms with E-state index in [9.17, 15) is 5.11 Å². The van der Waals surface area contributed by atoms with E-state index in [4.69, 9.17) is 4.74 Å². The van der Waals surface area contributed by atoms with Gasteiger partial charge in [-0.1, -0.05) is 26.0 Å². The molecule has 114 valence electrons. The molecule has 0 bridgehead atoms. The van der Waals surface area contributed by atoms with Gasteiger partial charge in [-0.2, -0.15) is 0 Å². The zero-order valence-electron chi connectivity index (χ0n) is 13.5. The van der Waals surface area contributed by atoms with Gasteiger partial charge in [-0.15, -0.1) is 0 Å². The van der Waals surface area contributed by atoms with Crippen LogP contribution in [0.25, 0.3) is 0 Å². The predicted molar refractivity (Wildman–Crippen MR) is 84.3 cm³/mol. The first-order chi connectivity index (χ1) is 9.45. The molecule has 0 aliphatic carbocycles. The van der Waals surface area contributed by atoms with Crippen molar-refractivity contribution < 1.29 is 9.84 Å². The van der Waals surface area contributed by atoms with Crippen LogP contribution in [0.2, 0.25) is 0 Å². The third kappa shape index (κ3) is 4.22. The van der Waals surface area contributed by atoms with E-state index >= 15 is 0 Å². The fourth-order valence-electron chi connectivity index (χ4n) is 2.70. The lowest BCUT2D eigenvalue weighted by molar-refractivity contribution is -0.00887. The van der Waals surface area contributed by atoms with E-state index in [0.29, 0.717) is 0 Å². The number of nitrogens with zero attached hydrogens (tertiary/aromatic N) is 1. The van der Waals surface area contributed by atoms with Gasteiger partial charge in [0, 0.05) is 5.54 Å². The number of hydrogen-bond acceptors (Lipinski definition) is 3. The van der Waals surface area contributed by atoms with E-state index in [1.54, 1.807) is 7.11 Å². The topological polar surface area (TPSA) is 32.7 Å². The summed E-state index contributed by atoms with van der Waals surface area (Å²) in [6, 6.07) is 8.07. The molecule has 0 fully saturated rings. The van der Waals surface area contributed by atoms with Crippen molar-refractivity contribution in [2.75, 3.05) is 20.2 Å². The van der Waals surface area contributed by atoms with Crippen LogP contribution in [0.15, 0.2) is 24.3 Å². The van der Waals surface area contributed by atoms with Crippen LogP contribution in [0.4, 0.5) is 0 Å². The standard InChI is InChI=1S/C17H29NO2/c1-6-18(7-2)17(3,4)16(19)13-10-14-8-11-15(20-5)12-9-14/h8-9,11-12,16,19H,6-7,10,13H2,1-5H3. The van der Waals surface area contributed by atoms with Crippen molar-refractivity contribution in [2.24, 2.45) is 0 Å². The highest BCUT2D eigenvalue weighted by molar-refractivity contribution is 5.27. The second-order valence-electron chi connectivity index (χ2n) is 5.73. The molecule has 3 heteroatoms. The first-order valence-corrected chi connectivity index (χ1v) is 7.51. The number of aliphatic hydroxyl groups is 1. The van der Waals surface area contributed by atoms with Crippen LogP contribution in [-0.2, 0) is 6.42 Å². The molecule has 0 saturated carbocycles. The molecule has 1 aromatic carbocycles. The van der Waals surface area contributed by atoms with E-state index in [1.165, 1.54) is 5.56 Å². The fraction of sp³-hybridized carbons (Fsp3) is 0.647. The van der Waals surface area contributed by atoms with Crippen molar-refractivity contribution in [1.29, 1.82) is 0 Å². The quantitative estimate of drug-likeness (QED) is 0.793. The van der Waals surface area contributed by atoms with Gasteiger partial charge in [0.1, 0.15) is 5.75 Å². The Morgan fingerprint density at radius 2 is 1.70 bits per heavy atom. The minimum atomic E-state index is -0.329. The van der Waals surface area contributed by atoms with Crippen LogP contribution in [-0.4, -0.2) is 41.8 Å². The molecular formula is C17H29NO2. The van der Waals surface area contributed by atoms with E-state index in [-0.39, 0.29) is 11.6 Å². The van der Waals surface area contributed by atoms with Crippen LogP contribution in [0, 0.1) is 0 Å². The summed E-state index contributed by atoms with van der Waals surface area (Å²) in [7, 11) is 1.67. The lowest BCUT2D eigenvalue weighted by Crippen LogP contribution is -2.52. The Bertz CT molecular complexity index is 382. The van der Waals surface area contributed by atoms with E-state index in [1.807, 2.05) is 12.1 Å². The Morgan fingerprint density at radius 3 is 2.15 bits per heavy atom. The Kier molecular flexibility index (Phi) is 6.50. The number of aryl methyl sites for hydroxylation is 1. The molecular weight excluding hydrogens is 250 g/mol. The molecule has 0 aliphatic rings. The highest BCUT2D eigenvalue weighted by atomic mass is 16.5. The average Bonchev–Trinajstić information content (AvgIpc) is 2.46. The van der Waals surface area contributed by atoms with Crippen LogP contribution in [0.3, 0.4) is 0 Å². The maximum Gasteiger partial charge on any atom is 0.118 e. The Hall–Kier alpha value is -1.06. The summed E-state index contributed by atoms with van der Waals surface area (Å²) in [4.78, 5) is 2.31. The van der Waals surface area contributed by atoms with Gasteiger partial charge >= 0.3 is 0 Å². The molecule has 20 heavy (non-hydrogen) atoms. The van der Waals surface area contributed by atoms with Crippen molar-refractivity contribution in [3.63, 3.8) is 0 Å². The molecule has 3 nitrogen and oxygen atoms in total. The van der Waals surface area contributed by atoms with E-state index in [0.717, 1.165) is 31.7 Å². The van der Waals surface area contributed by atoms with Crippen molar-refractivity contribution in [2.45, 2.75) is 52.2 Å². The number of ether oxygens (including phenoxy) is 1. The zero-order valence-corrected chi connectivity index (χ0v) is 13.5. The summed E-state index contributed by atoms with van der Waals surface area (Å²) in [5.74, 6) is 0.873. The fourth-order valence-corrected chi connectivity index (χ4v) is 2.70. The maximum atomic E-state index is 10.5. The van der Waals surface area contributed by atoms with Gasteiger partial charge in [-0.3, -0.25) is 4.90 Å². The van der Waals surface area contributed by atoms with Crippen molar-refractivity contribution in [3.05, 3.63) is 29.8 Å². The van der Waals surface area contributed by atoms with Crippen molar-refractivity contribution >= 4 is 0 Å². The summed E-state index contributed by atoms with van der Waals surface area (Å²) in [5, 5.41) is 10.5. The number of methoxy groups -OCH3 is 1. The normalized spacial score (nSPS) is 13.6. The average molecular weight is 279 g/mol. The highest BCUT2D eigenvalue weighted by Crippen LogP contribution is 2.23. The second-order valence-corrected chi connectivity index (χ2v) is 5.73. The van der Waals surface area contributed by atoms with E-state index in [2.05, 4.69) is 44.7 Å². The number of likely N-dealkylation sites (N-methyl/N-ethyl adjacent to an activating group) is 1. The first kappa shape index (κ1) is 17.0. The molecule has 0 amide bonds. The summed E-state index contributed by atoms with van der Waals surface area (Å²) >= 11 is 0. The molecule has 0 aromatic heterocycles. The van der Waals surface area contributed by atoms with Gasteiger partial charge < -0.3 is 9.84 Å². The Labute approximate surface area is 123 Å². The molecule has 1 N–H and O–H groups in total. The molecule has 1 unspecified atom stereocenters. The molecule has 0 saturated heterocycles. The van der Waals surface area contributed by atoms with Crippen LogP contribution in [0.1, 0.15) is 39.7 Å². The summed E-state index contributed by atoms with van der Waals surface area (Å²) < 4.78 is 5.15. The minimum absolute atomic E-state index is 0.185. The lowest BCUT2D eigenvalue weighted by atomic mass is 9.90. The molecule has 0 aliphatic heterocycles. The molecule has 1 atom stereocenters. The minimum Gasteiger partial charge on any atom is -0.497 e. The largest absolute Gasteiger partial charge is 0.497 e. The third-order valence-corrected chi connectivity index (χ3v) is 4.26. The summed E-state index contributed by atoms with van der Waals surface area (Å²) in [6.07, 6.45) is 1.33. The SMILES string of the molecule is CCN(CC)C(C)(C)C(O)CCc1ccc(OC)cc1. The van der Waals surface area contributed by atoms with Crippen LogP contribution >= 0.6 is 0 Å². The second kappa shape index (κ2) is 7.65. The number of rotatable bonds is 8. The van der Waals surface area contributed by atoms with Gasteiger partial charge in [0.2, 0.25) is 0 Å². The van der Waals surface area contributed by atoms with Crippen molar-refractivity contribution in [3.8, 4) is 5.75 Å². The van der Waals surface area contributed by atoms with Gasteiger partial charge in [0.15, 0.2) is 0 Å². The van der Waals surface area contributed by atoms with E-state index < -0.39 is 0 Å². The van der Waals surface area contributed by atoms with Crippen molar-refractivity contribution in [1.82, 2.24) is 4.90 Å². The Morgan fingerprint density at radius 1 is 1.15 bits per heavy atom. The van der Waals surface area contributed by atoms with Crippen LogP contribution < -0.4 is 4.74 Å². The molecule has 1 rings (SSSR count). The molecule has 0 heterocycles. The number of aliphatic hydroxyl groups excluding tert-OH is 1. The molecule has 0 spiro atoms.